The van der Waals surface area contributed by atoms with Gasteiger partial charge < -0.3 is 4.74 Å². The Labute approximate surface area is 378 Å². The second-order valence-corrected chi connectivity index (χ2v) is 20.2. The molecule has 5 heterocycles. The van der Waals surface area contributed by atoms with Gasteiger partial charge in [0.25, 0.3) is 0 Å². The zero-order valence-corrected chi connectivity index (χ0v) is 37.9. The third kappa shape index (κ3) is 5.48. The van der Waals surface area contributed by atoms with E-state index < -0.39 is 11.7 Å². The molecular weight excluding hydrogens is 779 g/mol. The van der Waals surface area contributed by atoms with E-state index in [2.05, 4.69) is 225 Å². The summed E-state index contributed by atoms with van der Waals surface area (Å²) < 4.78 is 23.8. The van der Waals surface area contributed by atoms with Gasteiger partial charge in [0, 0.05) is 30.2 Å². The Morgan fingerprint density at radius 1 is 0.547 bits per heavy atom. The lowest BCUT2D eigenvalue weighted by molar-refractivity contribution is -0.997. The van der Waals surface area contributed by atoms with E-state index in [1.54, 1.807) is 0 Å². The molecule has 0 fully saturated rings. The molecular formula is C60H53N3O+2. The minimum absolute atomic E-state index is 0.0406. The van der Waals surface area contributed by atoms with Crippen LogP contribution in [0.25, 0.3) is 83.9 Å². The Morgan fingerprint density at radius 2 is 1.20 bits per heavy atom. The molecule has 64 heavy (non-hydrogen) atoms. The van der Waals surface area contributed by atoms with Crippen molar-refractivity contribution in [1.29, 1.82) is 0 Å². The fourth-order valence-electron chi connectivity index (χ4n) is 10.6. The quantitative estimate of drug-likeness (QED) is 0.158. The van der Waals surface area contributed by atoms with Gasteiger partial charge in [0.1, 0.15) is 22.6 Å². The molecule has 1 unspecified atom stereocenters. The predicted octanol–water partition coefficient (Wildman–Crippen LogP) is 14.2. The summed E-state index contributed by atoms with van der Waals surface area (Å²) >= 11 is 0. The Morgan fingerprint density at radius 3 is 1.94 bits per heavy atom. The summed E-state index contributed by atoms with van der Waals surface area (Å²) in [6.45, 7) is 17.6. The summed E-state index contributed by atoms with van der Waals surface area (Å²) in [7, 11) is 0. The van der Waals surface area contributed by atoms with Crippen molar-refractivity contribution in [1.82, 2.24) is 4.57 Å². The van der Waals surface area contributed by atoms with Gasteiger partial charge in [-0.15, -0.1) is 9.13 Å². The highest BCUT2D eigenvalue weighted by Crippen LogP contribution is 2.54. The molecule has 0 aliphatic carbocycles. The zero-order valence-electron chi connectivity index (χ0n) is 38.9. The Hall–Kier alpha value is -7.04. The number of benzene rings is 7. The topological polar surface area (TPSA) is 21.9 Å². The van der Waals surface area contributed by atoms with Crippen LogP contribution in [0, 0.1) is 0 Å². The van der Waals surface area contributed by atoms with Crippen molar-refractivity contribution in [3.05, 3.63) is 192 Å². The number of nitrogens with zero attached hydrogens (tertiary/aromatic N) is 3. The second-order valence-electron chi connectivity index (χ2n) is 20.2. The van der Waals surface area contributed by atoms with Gasteiger partial charge in [-0.3, -0.25) is 0 Å². The number of hydrogen-bond donors (Lipinski definition) is 0. The molecule has 7 aromatic carbocycles. The van der Waals surface area contributed by atoms with Crippen LogP contribution in [0.4, 0.5) is 0 Å². The third-order valence-electron chi connectivity index (χ3n) is 14.0. The summed E-state index contributed by atoms with van der Waals surface area (Å²) in [6, 6.07) is 60.4. The number of fused-ring (bicyclic) bond motifs is 5. The lowest BCUT2D eigenvalue weighted by Gasteiger charge is -2.32. The largest absolute Gasteiger partial charge is 0.499 e. The third-order valence-corrected chi connectivity index (χ3v) is 14.0. The Bertz CT molecular complexity index is 3430. The van der Waals surface area contributed by atoms with Crippen LogP contribution in [0.15, 0.2) is 170 Å². The van der Waals surface area contributed by atoms with Crippen molar-refractivity contribution in [2.75, 3.05) is 0 Å². The van der Waals surface area contributed by atoms with Crippen LogP contribution in [0.1, 0.15) is 84.9 Å². The van der Waals surface area contributed by atoms with Crippen molar-refractivity contribution in [3.8, 4) is 78.6 Å². The molecule has 9 aromatic rings. The number of pyridine rings is 1. The van der Waals surface area contributed by atoms with Gasteiger partial charge in [-0.25, -0.2) is 0 Å². The van der Waals surface area contributed by atoms with Crippen LogP contribution in [-0.2, 0) is 16.7 Å². The molecule has 3 aliphatic heterocycles. The van der Waals surface area contributed by atoms with Gasteiger partial charge in [0.05, 0.1) is 5.56 Å². The molecule has 2 aromatic heterocycles. The molecule has 0 bridgehead atoms. The molecule has 4 nitrogen and oxygen atoms in total. The standard InChI is InChI=1S/C60H53N3O/c1-37(2)38-21-23-40(24-22-38)42-31-32-61-53(35-42)50-34-43(39-15-10-9-11-16-39)33-49-46-18-14-19-52-56(46)63-57(47-17-12-13-20-54(47)64-60(61,63)55(49)50)62(52)51-30-29-45(59(6,7)8)36-48(51)41-25-27-44(28-26-41)58(3,4)5/h9-37H,1-8H3/q+2/i37D. The van der Waals surface area contributed by atoms with Crippen LogP contribution in [0.3, 0.4) is 0 Å². The normalized spacial score (nSPS) is 15.9. The van der Waals surface area contributed by atoms with Crippen molar-refractivity contribution in [2.24, 2.45) is 0 Å². The highest BCUT2D eigenvalue weighted by Gasteiger charge is 2.68. The van der Waals surface area contributed by atoms with Gasteiger partial charge in [-0.1, -0.05) is 159 Å². The lowest BCUT2D eigenvalue weighted by Crippen LogP contribution is -2.78. The molecule has 1 spiro atoms. The molecule has 0 radical (unpaired) electrons. The van der Waals surface area contributed by atoms with E-state index in [1.807, 2.05) is 13.8 Å². The van der Waals surface area contributed by atoms with E-state index >= 15 is 0 Å². The maximum absolute atomic E-state index is 8.66. The number of imidazole rings is 1. The summed E-state index contributed by atoms with van der Waals surface area (Å²) in [5.41, 5.74) is 20.7. The zero-order chi connectivity index (χ0) is 44.8. The number of rotatable bonds is 5. The maximum atomic E-state index is 8.66. The smallest absolute Gasteiger partial charge is 0.392 e. The van der Waals surface area contributed by atoms with Crippen molar-refractivity contribution in [2.45, 2.75) is 78.0 Å². The molecule has 0 saturated heterocycles. The van der Waals surface area contributed by atoms with Gasteiger partial charge >= 0.3 is 11.7 Å². The predicted molar refractivity (Wildman–Crippen MR) is 261 cm³/mol. The van der Waals surface area contributed by atoms with Crippen LogP contribution in [-0.4, -0.2) is 4.57 Å². The summed E-state index contributed by atoms with van der Waals surface area (Å²) in [4.78, 5) is 0. The van der Waals surface area contributed by atoms with E-state index in [0.717, 1.165) is 72.9 Å². The minimum atomic E-state index is -1.08. The molecule has 312 valence electrons. The maximum Gasteiger partial charge on any atom is 0.499 e. The minimum Gasteiger partial charge on any atom is -0.392 e. The molecule has 0 N–H and O–H groups in total. The monoisotopic (exact) mass is 832 g/mol. The first-order valence-corrected chi connectivity index (χ1v) is 22.7. The number of aromatic nitrogens is 3. The van der Waals surface area contributed by atoms with Gasteiger partial charge in [0.15, 0.2) is 17.2 Å². The van der Waals surface area contributed by atoms with Crippen molar-refractivity contribution < 1.29 is 15.2 Å². The van der Waals surface area contributed by atoms with E-state index in [4.69, 9.17) is 6.11 Å². The van der Waals surface area contributed by atoms with E-state index in [-0.39, 0.29) is 10.8 Å². The highest BCUT2D eigenvalue weighted by atomic mass is 16.5. The van der Waals surface area contributed by atoms with Crippen LogP contribution in [0.5, 0.6) is 5.75 Å². The fraction of sp³-hybridized carbons (Fsp3) is 0.200. The SMILES string of the molecule is [2H]C(C)(C)c1ccc(-c2cc[n+]3c(c2)-c2cc(-c4ccccc4)cc4c2C32Oc3ccccc3-c3n(-c5ccc(C(C)(C)C)cc5-c5ccc(C(C)(C)C)cc5)c5cccc-4c5[n+]32)cc1. The van der Waals surface area contributed by atoms with Crippen LogP contribution < -0.4 is 13.9 Å². The van der Waals surface area contributed by atoms with Gasteiger partial charge in [-0.05, 0) is 110 Å². The fourth-order valence-corrected chi connectivity index (χ4v) is 10.6. The first kappa shape index (κ1) is 37.5. The molecule has 0 saturated carbocycles. The number of ether oxygens (including phenoxy) is 1. The summed E-state index contributed by atoms with van der Waals surface area (Å²) in [5.74, 6) is 0.161. The second kappa shape index (κ2) is 13.5. The first-order valence-electron chi connectivity index (χ1n) is 23.2. The molecule has 3 aliphatic rings. The molecule has 1 atom stereocenters. The molecule has 12 rings (SSSR count). The van der Waals surface area contributed by atoms with Crippen molar-refractivity contribution >= 4 is 11.0 Å². The summed E-state index contributed by atoms with van der Waals surface area (Å²) in [5, 5.41) is 0. The van der Waals surface area contributed by atoms with Gasteiger partial charge in [-0.2, -0.15) is 4.57 Å². The Balaban J connectivity index is 1.20. The van der Waals surface area contributed by atoms with Crippen molar-refractivity contribution in [3.63, 3.8) is 0 Å². The highest BCUT2D eigenvalue weighted by molar-refractivity contribution is 5.99. The molecule has 0 amide bonds. The Kier molecular flexibility index (Phi) is 7.90. The molecule has 4 heteroatoms. The lowest BCUT2D eigenvalue weighted by atomic mass is 9.83. The first-order chi connectivity index (χ1) is 31.1. The van der Waals surface area contributed by atoms with E-state index in [1.165, 1.54) is 38.9 Å². The van der Waals surface area contributed by atoms with Crippen LogP contribution >= 0.6 is 0 Å². The average Bonchev–Trinajstić information content (AvgIpc) is 3.79. The van der Waals surface area contributed by atoms with Gasteiger partial charge in [0.2, 0.25) is 5.69 Å². The number of para-hydroxylation sites is 2. The van der Waals surface area contributed by atoms with E-state index in [9.17, 15) is 0 Å². The number of hydrogen-bond acceptors (Lipinski definition) is 1. The summed E-state index contributed by atoms with van der Waals surface area (Å²) in [6.07, 6.45) is 2.24. The van der Waals surface area contributed by atoms with Crippen LogP contribution in [0.2, 0.25) is 0 Å². The van der Waals surface area contributed by atoms with E-state index in [0.29, 0.717) is 0 Å². The average molecular weight is 833 g/mol.